The van der Waals surface area contributed by atoms with E-state index in [0.717, 1.165) is 46.1 Å². The number of rotatable bonds is 8. The van der Waals surface area contributed by atoms with Gasteiger partial charge in [0.25, 0.3) is 0 Å². The molecule has 0 amide bonds. The lowest BCUT2D eigenvalue weighted by atomic mass is 9.88. The van der Waals surface area contributed by atoms with Crippen LogP contribution in [0.1, 0.15) is 72.0 Å². The number of aromatic nitrogens is 6. The SMILES string of the molecule is CCCc1c(C(=O)O)n(C(=O)C2CCCCC2)c(=O)n1Cc1ccc(-c2ccccc2-c2nnn[nH]2)cc1. The van der Waals surface area contributed by atoms with Crippen molar-refractivity contribution in [3.8, 4) is 22.5 Å². The number of nitrogens with zero attached hydrogens (tertiary/aromatic N) is 5. The van der Waals surface area contributed by atoms with Crippen molar-refractivity contribution >= 4 is 11.9 Å². The van der Waals surface area contributed by atoms with Gasteiger partial charge in [0, 0.05) is 11.5 Å². The Hall–Kier alpha value is -4.34. The Bertz CT molecular complexity index is 1500. The number of imidazole rings is 1. The van der Waals surface area contributed by atoms with Gasteiger partial charge in [-0.2, -0.15) is 0 Å². The molecule has 2 aromatic heterocycles. The van der Waals surface area contributed by atoms with E-state index in [4.69, 9.17) is 0 Å². The second-order valence-corrected chi connectivity index (χ2v) is 9.72. The smallest absolute Gasteiger partial charge is 0.354 e. The summed E-state index contributed by atoms with van der Waals surface area (Å²) in [4.78, 5) is 39.2. The van der Waals surface area contributed by atoms with Gasteiger partial charge in [0.1, 0.15) is 0 Å². The van der Waals surface area contributed by atoms with E-state index in [2.05, 4.69) is 20.6 Å². The van der Waals surface area contributed by atoms with Gasteiger partial charge >= 0.3 is 11.7 Å². The summed E-state index contributed by atoms with van der Waals surface area (Å²) < 4.78 is 2.39. The minimum atomic E-state index is -1.25. The molecule has 0 atom stereocenters. The Labute approximate surface area is 219 Å². The summed E-state index contributed by atoms with van der Waals surface area (Å²) in [6.07, 6.45) is 5.29. The van der Waals surface area contributed by atoms with Crippen LogP contribution in [0.2, 0.25) is 0 Å². The summed E-state index contributed by atoms with van der Waals surface area (Å²) in [6.45, 7) is 2.10. The molecule has 2 N–H and O–H groups in total. The van der Waals surface area contributed by atoms with Crippen molar-refractivity contribution in [1.29, 1.82) is 0 Å². The first-order valence-corrected chi connectivity index (χ1v) is 13.0. The van der Waals surface area contributed by atoms with Crippen molar-refractivity contribution in [2.24, 2.45) is 5.92 Å². The Morgan fingerprint density at radius 1 is 1.03 bits per heavy atom. The predicted octanol–water partition coefficient (Wildman–Crippen LogP) is 4.42. The number of carboxylic acid groups (broad SMARTS) is 1. The highest BCUT2D eigenvalue weighted by atomic mass is 16.4. The molecule has 1 aliphatic carbocycles. The second kappa shape index (κ2) is 11.0. The summed E-state index contributed by atoms with van der Waals surface area (Å²) in [7, 11) is 0. The quantitative estimate of drug-likeness (QED) is 0.355. The maximum Gasteiger partial charge on any atom is 0.354 e. The summed E-state index contributed by atoms with van der Waals surface area (Å²) in [5.74, 6) is -1.39. The van der Waals surface area contributed by atoms with Gasteiger partial charge in [-0.1, -0.05) is 81.1 Å². The maximum absolute atomic E-state index is 13.6. The molecular formula is C28H30N6O4. The highest BCUT2D eigenvalue weighted by Crippen LogP contribution is 2.30. The standard InChI is InChI=1S/C28H30N6O4/c1-2-8-23-24(27(36)37)34(26(35)20-9-4-3-5-10-20)28(38)33(23)17-18-13-15-19(16-14-18)21-11-6-7-12-22(21)25-29-31-32-30-25/h6-7,11-16,20H,2-5,8-10,17H2,1H3,(H,36,37)(H,29,30,31,32). The van der Waals surface area contributed by atoms with Gasteiger partial charge in [0.05, 0.1) is 12.2 Å². The Morgan fingerprint density at radius 2 is 1.74 bits per heavy atom. The molecule has 0 spiro atoms. The third kappa shape index (κ3) is 4.81. The molecule has 10 nitrogen and oxygen atoms in total. The average molecular weight is 515 g/mol. The van der Waals surface area contributed by atoms with Gasteiger partial charge in [0.2, 0.25) is 5.91 Å². The average Bonchev–Trinajstić information content (AvgIpc) is 3.57. The van der Waals surface area contributed by atoms with Gasteiger partial charge in [-0.15, -0.1) is 5.10 Å². The van der Waals surface area contributed by atoms with E-state index in [1.54, 1.807) is 0 Å². The van der Waals surface area contributed by atoms with E-state index in [9.17, 15) is 19.5 Å². The first kappa shape index (κ1) is 25.3. The summed E-state index contributed by atoms with van der Waals surface area (Å²) in [5, 5.41) is 24.2. The molecule has 2 aromatic carbocycles. The Balaban J connectivity index is 1.50. The van der Waals surface area contributed by atoms with Crippen molar-refractivity contribution in [2.75, 3.05) is 0 Å². The number of H-pyrrole nitrogens is 1. The number of carbonyl (C=O) groups excluding carboxylic acids is 1. The van der Waals surface area contributed by atoms with E-state index in [1.807, 2.05) is 55.5 Å². The lowest BCUT2D eigenvalue weighted by Crippen LogP contribution is -2.35. The fourth-order valence-electron chi connectivity index (χ4n) is 5.38. The maximum atomic E-state index is 13.6. The van der Waals surface area contributed by atoms with E-state index in [0.29, 0.717) is 37.2 Å². The fraction of sp³-hybridized carbons (Fsp3) is 0.357. The molecule has 0 aliphatic heterocycles. The van der Waals surface area contributed by atoms with Crippen LogP contribution in [0.3, 0.4) is 0 Å². The number of tetrazole rings is 1. The summed E-state index contributed by atoms with van der Waals surface area (Å²) >= 11 is 0. The third-order valence-electron chi connectivity index (χ3n) is 7.24. The Kier molecular flexibility index (Phi) is 7.30. The number of carbonyl (C=O) groups is 2. The van der Waals surface area contributed by atoms with Crippen molar-refractivity contribution in [3.63, 3.8) is 0 Å². The first-order valence-electron chi connectivity index (χ1n) is 13.0. The van der Waals surface area contributed by atoms with E-state index in [-0.39, 0.29) is 18.2 Å². The van der Waals surface area contributed by atoms with Crippen LogP contribution in [0.15, 0.2) is 53.3 Å². The number of nitrogens with one attached hydrogen (secondary N) is 1. The van der Waals surface area contributed by atoms with Crippen LogP contribution in [0, 0.1) is 5.92 Å². The number of hydrogen-bond acceptors (Lipinski definition) is 6. The fourth-order valence-corrected chi connectivity index (χ4v) is 5.38. The number of carboxylic acids is 1. The van der Waals surface area contributed by atoms with Crippen molar-refractivity contribution in [2.45, 2.75) is 58.4 Å². The zero-order valence-corrected chi connectivity index (χ0v) is 21.3. The molecular weight excluding hydrogens is 484 g/mol. The minimum absolute atomic E-state index is 0.174. The van der Waals surface area contributed by atoms with Crippen LogP contribution < -0.4 is 5.69 Å². The molecule has 1 aliphatic rings. The number of hydrogen-bond donors (Lipinski definition) is 2. The second-order valence-electron chi connectivity index (χ2n) is 9.72. The number of benzene rings is 2. The first-order chi connectivity index (χ1) is 18.5. The normalized spacial score (nSPS) is 14.0. The van der Waals surface area contributed by atoms with Gasteiger partial charge in [0.15, 0.2) is 11.5 Å². The van der Waals surface area contributed by atoms with Crippen LogP contribution in [0.4, 0.5) is 0 Å². The predicted molar refractivity (Wildman–Crippen MR) is 141 cm³/mol. The minimum Gasteiger partial charge on any atom is -0.477 e. The molecule has 196 valence electrons. The zero-order valence-electron chi connectivity index (χ0n) is 21.3. The zero-order chi connectivity index (χ0) is 26.6. The molecule has 2 heterocycles. The topological polar surface area (TPSA) is 136 Å². The van der Waals surface area contributed by atoms with Crippen molar-refractivity contribution in [1.82, 2.24) is 29.8 Å². The lowest BCUT2D eigenvalue weighted by Gasteiger charge is -2.20. The molecule has 5 rings (SSSR count). The molecule has 38 heavy (non-hydrogen) atoms. The van der Waals surface area contributed by atoms with Gasteiger partial charge in [-0.25, -0.2) is 19.3 Å². The van der Waals surface area contributed by atoms with Crippen LogP contribution in [-0.4, -0.2) is 46.7 Å². The largest absolute Gasteiger partial charge is 0.477 e. The van der Waals surface area contributed by atoms with Gasteiger partial charge in [-0.05, 0) is 46.4 Å². The highest BCUT2D eigenvalue weighted by molar-refractivity contribution is 5.94. The molecule has 0 unspecified atom stereocenters. The van der Waals surface area contributed by atoms with Gasteiger partial charge < -0.3 is 5.11 Å². The summed E-state index contributed by atoms with van der Waals surface area (Å²) in [6, 6.07) is 15.5. The molecule has 1 saturated carbocycles. The van der Waals surface area contributed by atoms with E-state index < -0.39 is 17.6 Å². The molecule has 0 bridgehead atoms. The van der Waals surface area contributed by atoms with Gasteiger partial charge in [-0.3, -0.25) is 9.36 Å². The Morgan fingerprint density at radius 3 is 2.37 bits per heavy atom. The highest BCUT2D eigenvalue weighted by Gasteiger charge is 2.32. The lowest BCUT2D eigenvalue weighted by molar-refractivity contribution is 0.0657. The number of aromatic amines is 1. The van der Waals surface area contributed by atoms with Crippen molar-refractivity contribution in [3.05, 3.63) is 76.0 Å². The monoisotopic (exact) mass is 514 g/mol. The molecule has 4 aromatic rings. The molecule has 10 heteroatoms. The molecule has 1 fully saturated rings. The number of aromatic carboxylic acids is 1. The third-order valence-corrected chi connectivity index (χ3v) is 7.24. The van der Waals surface area contributed by atoms with Crippen LogP contribution in [0.5, 0.6) is 0 Å². The van der Waals surface area contributed by atoms with Crippen LogP contribution >= 0.6 is 0 Å². The summed E-state index contributed by atoms with van der Waals surface area (Å²) in [5.41, 5.74) is 3.19. The molecule has 0 saturated heterocycles. The van der Waals surface area contributed by atoms with E-state index >= 15 is 0 Å². The van der Waals surface area contributed by atoms with Crippen molar-refractivity contribution < 1.29 is 14.7 Å². The molecule has 0 radical (unpaired) electrons. The van der Waals surface area contributed by atoms with E-state index in [1.165, 1.54) is 4.57 Å². The van der Waals surface area contributed by atoms with Crippen LogP contribution in [-0.2, 0) is 13.0 Å². The van der Waals surface area contributed by atoms with Crippen LogP contribution in [0.25, 0.3) is 22.5 Å².